The Kier molecular flexibility index (Phi) is 7.48. The predicted molar refractivity (Wildman–Crippen MR) is 120 cm³/mol. The molecule has 3 aliphatic rings. The molecule has 12 heteroatoms. The van der Waals surface area contributed by atoms with Gasteiger partial charge in [0.1, 0.15) is 17.9 Å². The molecule has 34 heavy (non-hydrogen) atoms. The Bertz CT molecular complexity index is 1030. The summed E-state index contributed by atoms with van der Waals surface area (Å²) >= 11 is 0. The minimum absolute atomic E-state index is 0.0180. The number of carbonyl (C=O) groups excluding carboxylic acids is 3. The molecule has 0 unspecified atom stereocenters. The van der Waals surface area contributed by atoms with Crippen molar-refractivity contribution in [1.29, 1.82) is 0 Å². The van der Waals surface area contributed by atoms with Crippen LogP contribution in [0.1, 0.15) is 25.7 Å². The smallest absolute Gasteiger partial charge is 0.244 e. The molecule has 3 aliphatic heterocycles. The molecule has 3 saturated heterocycles. The molecule has 3 fully saturated rings. The second-order valence-corrected chi connectivity index (χ2v) is 10.8. The van der Waals surface area contributed by atoms with Crippen LogP contribution in [0.3, 0.4) is 0 Å². The Labute approximate surface area is 198 Å². The number of nitrogens with zero attached hydrogens (tertiary/aromatic N) is 2. The first kappa shape index (κ1) is 24.6. The third-order valence-electron chi connectivity index (χ3n) is 6.67. The molecular weight excluding hydrogens is 465 g/mol. The topological polar surface area (TPSA) is 128 Å². The molecule has 3 heterocycles. The van der Waals surface area contributed by atoms with Crippen LogP contribution in [-0.2, 0) is 24.4 Å². The minimum atomic E-state index is -4.00. The normalized spacial score (nSPS) is 25.0. The van der Waals surface area contributed by atoms with E-state index < -0.39 is 33.8 Å². The standard InChI is InChI=1S/C22H30FN5O5S/c23-16-3-5-17(6-4-16)34(32,33)27-12-13-28(22(31)15-7-10-24-11-8-15)19(14-27)21(30)26-18-2-1-9-25-20(18)29/h3-6,15,18-19,24H,1-2,7-14H2,(H,25,29)(H,26,30)/t18-,19-/m0/s1. The number of nitrogens with one attached hydrogen (secondary N) is 3. The maximum Gasteiger partial charge on any atom is 0.244 e. The Hall–Kier alpha value is -2.57. The van der Waals surface area contributed by atoms with Gasteiger partial charge in [0, 0.05) is 32.1 Å². The highest BCUT2D eigenvalue weighted by molar-refractivity contribution is 7.89. The van der Waals surface area contributed by atoms with Gasteiger partial charge in [-0.3, -0.25) is 14.4 Å². The van der Waals surface area contributed by atoms with Gasteiger partial charge in [-0.1, -0.05) is 0 Å². The van der Waals surface area contributed by atoms with Gasteiger partial charge in [-0.25, -0.2) is 12.8 Å². The lowest BCUT2D eigenvalue weighted by atomic mass is 9.95. The summed E-state index contributed by atoms with van der Waals surface area (Å²) in [6, 6.07) is 2.70. The first-order valence-corrected chi connectivity index (χ1v) is 13.1. The highest BCUT2D eigenvalue weighted by Gasteiger charge is 2.42. The largest absolute Gasteiger partial charge is 0.354 e. The summed E-state index contributed by atoms with van der Waals surface area (Å²) < 4.78 is 40.8. The van der Waals surface area contributed by atoms with Crippen LogP contribution in [0.25, 0.3) is 0 Å². The molecule has 0 aliphatic carbocycles. The van der Waals surface area contributed by atoms with E-state index in [0.29, 0.717) is 45.3 Å². The minimum Gasteiger partial charge on any atom is -0.354 e. The number of benzene rings is 1. The van der Waals surface area contributed by atoms with Crippen LogP contribution in [0.2, 0.25) is 0 Å². The number of amides is 3. The van der Waals surface area contributed by atoms with Crippen LogP contribution in [-0.4, -0.2) is 86.7 Å². The maximum atomic E-state index is 13.3. The average Bonchev–Trinajstić information content (AvgIpc) is 2.85. The molecule has 0 spiro atoms. The van der Waals surface area contributed by atoms with Gasteiger partial charge in [-0.15, -0.1) is 0 Å². The summed E-state index contributed by atoms with van der Waals surface area (Å²) in [6.45, 7) is 1.78. The van der Waals surface area contributed by atoms with Crippen LogP contribution >= 0.6 is 0 Å². The molecule has 0 radical (unpaired) electrons. The fourth-order valence-electron chi connectivity index (χ4n) is 4.70. The van der Waals surface area contributed by atoms with E-state index in [0.717, 1.165) is 16.4 Å². The average molecular weight is 496 g/mol. The summed E-state index contributed by atoms with van der Waals surface area (Å²) in [7, 11) is -4.00. The van der Waals surface area contributed by atoms with Gasteiger partial charge in [-0.2, -0.15) is 4.31 Å². The number of rotatable bonds is 5. The lowest BCUT2D eigenvalue weighted by molar-refractivity contribution is -0.147. The van der Waals surface area contributed by atoms with Crippen LogP contribution in [0.15, 0.2) is 29.2 Å². The summed E-state index contributed by atoms with van der Waals surface area (Å²) in [6.07, 6.45) is 2.48. The van der Waals surface area contributed by atoms with E-state index in [-0.39, 0.29) is 42.3 Å². The van der Waals surface area contributed by atoms with E-state index in [1.807, 2.05) is 0 Å². The number of hydrogen-bond donors (Lipinski definition) is 3. The maximum absolute atomic E-state index is 13.3. The number of piperazine rings is 1. The molecule has 1 aromatic rings. The second kappa shape index (κ2) is 10.4. The molecule has 0 aromatic heterocycles. The molecule has 2 atom stereocenters. The van der Waals surface area contributed by atoms with Crippen LogP contribution < -0.4 is 16.0 Å². The van der Waals surface area contributed by atoms with E-state index in [2.05, 4.69) is 16.0 Å². The van der Waals surface area contributed by atoms with Gasteiger partial charge in [-0.05, 0) is 63.0 Å². The lowest BCUT2D eigenvalue weighted by Crippen LogP contribution is -2.64. The van der Waals surface area contributed by atoms with E-state index in [9.17, 15) is 27.2 Å². The van der Waals surface area contributed by atoms with Gasteiger partial charge in [0.2, 0.25) is 27.7 Å². The Morgan fingerprint density at radius 1 is 1.03 bits per heavy atom. The summed E-state index contributed by atoms with van der Waals surface area (Å²) in [5.41, 5.74) is 0. The molecule has 0 saturated carbocycles. The van der Waals surface area contributed by atoms with Crippen molar-refractivity contribution < 1.29 is 27.2 Å². The molecule has 186 valence electrons. The van der Waals surface area contributed by atoms with Crippen molar-refractivity contribution in [3.05, 3.63) is 30.1 Å². The first-order chi connectivity index (χ1) is 16.3. The quantitative estimate of drug-likeness (QED) is 0.502. The predicted octanol–water partition coefficient (Wildman–Crippen LogP) is -0.578. The zero-order chi connectivity index (χ0) is 24.3. The molecule has 0 bridgehead atoms. The highest BCUT2D eigenvalue weighted by Crippen LogP contribution is 2.24. The number of hydrogen-bond acceptors (Lipinski definition) is 6. The van der Waals surface area contributed by atoms with Gasteiger partial charge >= 0.3 is 0 Å². The Balaban J connectivity index is 1.56. The molecule has 3 amide bonds. The number of carbonyl (C=O) groups is 3. The number of piperidine rings is 2. The van der Waals surface area contributed by atoms with Gasteiger partial charge < -0.3 is 20.9 Å². The second-order valence-electron chi connectivity index (χ2n) is 8.88. The molecule has 10 nitrogen and oxygen atoms in total. The van der Waals surface area contributed by atoms with Crippen LogP contribution in [0, 0.1) is 11.7 Å². The van der Waals surface area contributed by atoms with Crippen molar-refractivity contribution in [3.63, 3.8) is 0 Å². The fraction of sp³-hybridized carbons (Fsp3) is 0.591. The summed E-state index contributed by atoms with van der Waals surface area (Å²) in [5.74, 6) is -1.81. The zero-order valence-corrected chi connectivity index (χ0v) is 19.7. The van der Waals surface area contributed by atoms with Gasteiger partial charge in [0.15, 0.2) is 0 Å². The van der Waals surface area contributed by atoms with Crippen molar-refractivity contribution in [2.45, 2.75) is 42.7 Å². The summed E-state index contributed by atoms with van der Waals surface area (Å²) in [4.78, 5) is 40.1. The van der Waals surface area contributed by atoms with Crippen LogP contribution in [0.5, 0.6) is 0 Å². The Morgan fingerprint density at radius 2 is 1.74 bits per heavy atom. The third-order valence-corrected chi connectivity index (χ3v) is 8.55. The van der Waals surface area contributed by atoms with E-state index >= 15 is 0 Å². The van der Waals surface area contributed by atoms with E-state index in [1.165, 1.54) is 17.0 Å². The van der Waals surface area contributed by atoms with Crippen molar-refractivity contribution >= 4 is 27.7 Å². The van der Waals surface area contributed by atoms with Gasteiger partial charge in [0.05, 0.1) is 4.90 Å². The SMILES string of the molecule is O=C1NCCC[C@@H]1NC(=O)[C@@H]1CN(S(=O)(=O)c2ccc(F)cc2)CCN1C(=O)C1CCNCC1. The van der Waals surface area contributed by atoms with Gasteiger partial charge in [0.25, 0.3) is 0 Å². The number of halogens is 1. The highest BCUT2D eigenvalue weighted by atomic mass is 32.2. The molecule has 4 rings (SSSR count). The molecule has 1 aromatic carbocycles. The molecular formula is C22H30FN5O5S. The fourth-order valence-corrected chi connectivity index (χ4v) is 6.14. The van der Waals surface area contributed by atoms with Crippen molar-refractivity contribution in [3.8, 4) is 0 Å². The van der Waals surface area contributed by atoms with Crippen molar-refractivity contribution in [2.24, 2.45) is 5.92 Å². The Morgan fingerprint density at radius 3 is 2.41 bits per heavy atom. The van der Waals surface area contributed by atoms with E-state index in [4.69, 9.17) is 0 Å². The molecule has 3 N–H and O–H groups in total. The van der Waals surface area contributed by atoms with Crippen molar-refractivity contribution in [2.75, 3.05) is 39.3 Å². The van der Waals surface area contributed by atoms with E-state index in [1.54, 1.807) is 0 Å². The zero-order valence-electron chi connectivity index (χ0n) is 18.8. The van der Waals surface area contributed by atoms with Crippen molar-refractivity contribution in [1.82, 2.24) is 25.2 Å². The summed E-state index contributed by atoms with van der Waals surface area (Å²) in [5, 5.41) is 8.63. The first-order valence-electron chi connectivity index (χ1n) is 11.6. The monoisotopic (exact) mass is 495 g/mol. The van der Waals surface area contributed by atoms with Crippen LogP contribution in [0.4, 0.5) is 4.39 Å². The number of sulfonamides is 1. The lowest BCUT2D eigenvalue weighted by Gasteiger charge is -2.42. The third kappa shape index (κ3) is 5.23.